The van der Waals surface area contributed by atoms with Crippen molar-refractivity contribution in [2.75, 3.05) is 59.0 Å². The molecule has 1 aliphatic rings. The van der Waals surface area contributed by atoms with E-state index in [-0.39, 0.29) is 0 Å². The summed E-state index contributed by atoms with van der Waals surface area (Å²) >= 11 is 0. The summed E-state index contributed by atoms with van der Waals surface area (Å²) in [6.07, 6.45) is 1.21. The number of hydrogen-bond donors (Lipinski definition) is 5. The predicted octanol–water partition coefficient (Wildman–Crippen LogP) is -1.70. The van der Waals surface area contributed by atoms with Gasteiger partial charge in [-0.3, -0.25) is 0 Å². The fraction of sp³-hybridized carbons (Fsp3) is 1.00. The smallest absolute Gasteiger partial charge is 0.0455 e. The minimum atomic E-state index is 0.904. The van der Waals surface area contributed by atoms with Crippen LogP contribution in [0.25, 0.3) is 0 Å². The van der Waals surface area contributed by atoms with Crippen molar-refractivity contribution >= 4 is 0 Å². The summed E-state index contributed by atoms with van der Waals surface area (Å²) in [5, 5.41) is 16.9. The van der Waals surface area contributed by atoms with Gasteiger partial charge in [0.05, 0.1) is 0 Å². The molecule has 1 fully saturated rings. The third kappa shape index (κ3) is 8.77. The molecule has 5 heteroatoms. The van der Waals surface area contributed by atoms with E-state index in [2.05, 4.69) is 26.6 Å². The number of hydrogen-bond acceptors (Lipinski definition) is 5. The standard InChI is InChI=1S/C10H25N5/c1-2-11-4-5-13-7-9-15-10-14-8-6-12-3-1/h11-15H,1-10H2. The van der Waals surface area contributed by atoms with Crippen molar-refractivity contribution in [3.8, 4) is 0 Å². The van der Waals surface area contributed by atoms with Crippen LogP contribution in [-0.4, -0.2) is 59.0 Å². The van der Waals surface area contributed by atoms with Gasteiger partial charge >= 0.3 is 0 Å². The van der Waals surface area contributed by atoms with Crippen molar-refractivity contribution in [1.29, 1.82) is 0 Å². The molecule has 0 aliphatic carbocycles. The maximum Gasteiger partial charge on any atom is 0.0455 e. The zero-order valence-electron chi connectivity index (χ0n) is 9.57. The summed E-state index contributed by atoms with van der Waals surface area (Å²) in [5.41, 5.74) is 0. The van der Waals surface area contributed by atoms with E-state index in [0.717, 1.165) is 59.0 Å². The normalized spacial score (nSPS) is 24.0. The first kappa shape index (κ1) is 12.9. The van der Waals surface area contributed by atoms with Gasteiger partial charge in [0.15, 0.2) is 0 Å². The highest BCUT2D eigenvalue weighted by Gasteiger charge is 1.92. The molecule has 0 aromatic carbocycles. The second-order valence-corrected chi connectivity index (χ2v) is 3.78. The van der Waals surface area contributed by atoms with E-state index in [4.69, 9.17) is 0 Å². The first-order chi connectivity index (χ1) is 7.50. The predicted molar refractivity (Wildman–Crippen MR) is 64.1 cm³/mol. The molecule has 0 unspecified atom stereocenters. The van der Waals surface area contributed by atoms with E-state index in [9.17, 15) is 0 Å². The van der Waals surface area contributed by atoms with Crippen molar-refractivity contribution in [3.05, 3.63) is 0 Å². The Kier molecular flexibility index (Phi) is 8.85. The first-order valence-electron chi connectivity index (χ1n) is 6.04. The molecular formula is C10H25N5. The largest absolute Gasteiger partial charge is 0.315 e. The molecule has 1 saturated heterocycles. The lowest BCUT2D eigenvalue weighted by atomic mass is 10.4. The van der Waals surface area contributed by atoms with Crippen molar-refractivity contribution in [3.63, 3.8) is 0 Å². The molecule has 15 heavy (non-hydrogen) atoms. The van der Waals surface area contributed by atoms with Crippen LogP contribution in [0.3, 0.4) is 0 Å². The average molecular weight is 215 g/mol. The van der Waals surface area contributed by atoms with Crippen LogP contribution in [0.4, 0.5) is 0 Å². The third-order valence-electron chi connectivity index (χ3n) is 2.39. The summed E-state index contributed by atoms with van der Waals surface area (Å²) in [6, 6.07) is 0. The van der Waals surface area contributed by atoms with Crippen molar-refractivity contribution in [1.82, 2.24) is 26.6 Å². The molecule has 90 valence electrons. The molecule has 0 spiro atoms. The summed E-state index contributed by atoms with van der Waals surface area (Å²) in [4.78, 5) is 0. The highest BCUT2D eigenvalue weighted by molar-refractivity contribution is 4.58. The lowest BCUT2D eigenvalue weighted by molar-refractivity contribution is 0.547. The topological polar surface area (TPSA) is 60.1 Å². The Balaban J connectivity index is 2.01. The molecular weight excluding hydrogens is 190 g/mol. The molecule has 5 nitrogen and oxygen atoms in total. The molecule has 0 saturated carbocycles. The van der Waals surface area contributed by atoms with Crippen LogP contribution in [0.5, 0.6) is 0 Å². The van der Waals surface area contributed by atoms with E-state index >= 15 is 0 Å². The highest BCUT2D eigenvalue weighted by Crippen LogP contribution is 1.73. The minimum Gasteiger partial charge on any atom is -0.315 e. The van der Waals surface area contributed by atoms with Gasteiger partial charge in [-0.25, -0.2) is 0 Å². The third-order valence-corrected chi connectivity index (χ3v) is 2.39. The Morgan fingerprint density at radius 2 is 0.800 bits per heavy atom. The lowest BCUT2D eigenvalue weighted by Gasteiger charge is -2.07. The molecule has 1 heterocycles. The van der Waals surface area contributed by atoms with Gasteiger partial charge < -0.3 is 26.6 Å². The zero-order chi connectivity index (χ0) is 10.6. The van der Waals surface area contributed by atoms with Gasteiger partial charge in [0.25, 0.3) is 0 Å². The van der Waals surface area contributed by atoms with Crippen molar-refractivity contribution in [2.24, 2.45) is 0 Å². The van der Waals surface area contributed by atoms with Gasteiger partial charge in [-0.1, -0.05) is 0 Å². The second kappa shape index (κ2) is 10.3. The first-order valence-corrected chi connectivity index (χ1v) is 6.04. The van der Waals surface area contributed by atoms with Crippen molar-refractivity contribution < 1.29 is 0 Å². The molecule has 1 aliphatic heterocycles. The molecule has 5 N–H and O–H groups in total. The fourth-order valence-corrected chi connectivity index (χ4v) is 1.51. The fourth-order valence-electron chi connectivity index (χ4n) is 1.51. The lowest BCUT2D eigenvalue weighted by Crippen LogP contribution is -2.37. The van der Waals surface area contributed by atoms with Crippen molar-refractivity contribution in [2.45, 2.75) is 6.42 Å². The monoisotopic (exact) mass is 215 g/mol. The summed E-state index contributed by atoms with van der Waals surface area (Å²) in [7, 11) is 0. The van der Waals surface area contributed by atoms with E-state index in [1.165, 1.54) is 6.42 Å². The molecule has 0 aromatic rings. The van der Waals surface area contributed by atoms with Crippen LogP contribution < -0.4 is 26.6 Å². The van der Waals surface area contributed by atoms with Gasteiger partial charge in [0.2, 0.25) is 0 Å². The Labute approximate surface area is 92.8 Å². The van der Waals surface area contributed by atoms with Gasteiger partial charge in [-0.15, -0.1) is 0 Å². The maximum absolute atomic E-state index is 3.42. The highest BCUT2D eigenvalue weighted by atomic mass is 15.1. The van der Waals surface area contributed by atoms with E-state index in [1.807, 2.05) is 0 Å². The molecule has 0 radical (unpaired) electrons. The minimum absolute atomic E-state index is 0.904. The summed E-state index contributed by atoms with van der Waals surface area (Å²) in [6.45, 7) is 9.41. The Bertz CT molecular complexity index is 72.4. The van der Waals surface area contributed by atoms with E-state index < -0.39 is 0 Å². The van der Waals surface area contributed by atoms with Crippen LogP contribution in [0, 0.1) is 0 Å². The number of rotatable bonds is 0. The zero-order valence-corrected chi connectivity index (χ0v) is 9.57. The van der Waals surface area contributed by atoms with Crippen LogP contribution in [-0.2, 0) is 0 Å². The SMILES string of the molecule is C1CNCCNCCNCNCCNC1. The Hall–Kier alpha value is -0.200. The molecule has 0 bridgehead atoms. The second-order valence-electron chi connectivity index (χ2n) is 3.78. The molecule has 0 atom stereocenters. The van der Waals surface area contributed by atoms with E-state index in [1.54, 1.807) is 0 Å². The van der Waals surface area contributed by atoms with Gasteiger partial charge in [-0.2, -0.15) is 0 Å². The van der Waals surface area contributed by atoms with Gasteiger partial charge in [-0.05, 0) is 19.5 Å². The van der Waals surface area contributed by atoms with Crippen LogP contribution in [0.2, 0.25) is 0 Å². The molecule has 0 aromatic heterocycles. The van der Waals surface area contributed by atoms with Gasteiger partial charge in [0, 0.05) is 45.9 Å². The molecule has 1 rings (SSSR count). The maximum atomic E-state index is 3.42. The Morgan fingerprint density at radius 3 is 1.33 bits per heavy atom. The average Bonchev–Trinajstić information content (AvgIpc) is 2.27. The summed E-state index contributed by atoms with van der Waals surface area (Å²) < 4.78 is 0. The quantitative estimate of drug-likeness (QED) is 0.333. The van der Waals surface area contributed by atoms with Crippen LogP contribution >= 0.6 is 0 Å². The Morgan fingerprint density at radius 1 is 0.400 bits per heavy atom. The van der Waals surface area contributed by atoms with E-state index in [0.29, 0.717) is 0 Å². The van der Waals surface area contributed by atoms with Gasteiger partial charge in [0.1, 0.15) is 0 Å². The van der Waals surface area contributed by atoms with Crippen LogP contribution in [0.15, 0.2) is 0 Å². The van der Waals surface area contributed by atoms with Crippen LogP contribution in [0.1, 0.15) is 6.42 Å². The number of nitrogens with one attached hydrogen (secondary N) is 5. The molecule has 0 amide bonds. The summed E-state index contributed by atoms with van der Waals surface area (Å²) in [5.74, 6) is 0.